The highest BCUT2D eigenvalue weighted by molar-refractivity contribution is 7.04. The summed E-state index contributed by atoms with van der Waals surface area (Å²) in [4.78, 5) is 11.5. The van der Waals surface area contributed by atoms with Crippen LogP contribution in [0.3, 0.4) is 0 Å². The first-order valence-corrected chi connectivity index (χ1v) is 5.56. The Morgan fingerprint density at radius 1 is 1.33 bits per heavy atom. The van der Waals surface area contributed by atoms with Crippen molar-refractivity contribution >= 4 is 11.5 Å². The molecule has 0 saturated carbocycles. The summed E-state index contributed by atoms with van der Waals surface area (Å²) in [6, 6.07) is 9.08. The largest absolute Gasteiger partial charge is 0.492 e. The Bertz CT molecular complexity index is 501. The number of para-hydroxylation sites is 2. The van der Waals surface area contributed by atoms with Crippen molar-refractivity contribution in [3.8, 4) is 11.4 Å². The van der Waals surface area contributed by atoms with Gasteiger partial charge in [-0.15, -0.1) is 0 Å². The van der Waals surface area contributed by atoms with Gasteiger partial charge in [0, 0.05) is 11.4 Å². The van der Waals surface area contributed by atoms with Crippen LogP contribution in [0.5, 0.6) is 5.75 Å². The maximum atomic E-state index is 11.5. The first-order valence-electron chi connectivity index (χ1n) is 4.72. The molecular weight excluding hydrogens is 210 g/mol. The monoisotopic (exact) mass is 221 g/mol. The van der Waals surface area contributed by atoms with Crippen molar-refractivity contribution in [3.63, 3.8) is 0 Å². The third-order valence-corrected chi connectivity index (χ3v) is 2.81. The maximum absolute atomic E-state index is 11.5. The van der Waals surface area contributed by atoms with Crippen LogP contribution >= 0.6 is 11.5 Å². The Morgan fingerprint density at radius 2 is 2.13 bits per heavy atom. The fourth-order valence-electron chi connectivity index (χ4n) is 1.35. The highest BCUT2D eigenvalue weighted by Gasteiger charge is 2.06. The molecule has 1 heterocycles. The first-order chi connectivity index (χ1) is 7.33. The van der Waals surface area contributed by atoms with E-state index in [1.165, 1.54) is 11.5 Å². The van der Waals surface area contributed by atoms with Gasteiger partial charge >= 0.3 is 0 Å². The molecule has 0 aliphatic rings. The molecule has 0 bridgehead atoms. The van der Waals surface area contributed by atoms with Gasteiger partial charge in [0.2, 0.25) is 0 Å². The second kappa shape index (κ2) is 4.31. The molecule has 1 aromatic carbocycles. The van der Waals surface area contributed by atoms with Gasteiger partial charge in [-0.3, -0.25) is 4.79 Å². The van der Waals surface area contributed by atoms with Crippen molar-refractivity contribution in [1.29, 1.82) is 0 Å². The molecule has 0 unspecified atom stereocenters. The summed E-state index contributed by atoms with van der Waals surface area (Å²) in [6.07, 6.45) is 0. The number of ether oxygens (including phenoxy) is 1. The van der Waals surface area contributed by atoms with Crippen molar-refractivity contribution < 1.29 is 4.74 Å². The number of rotatable bonds is 3. The van der Waals surface area contributed by atoms with Gasteiger partial charge in [-0.05, 0) is 19.1 Å². The van der Waals surface area contributed by atoms with Gasteiger partial charge < -0.3 is 4.74 Å². The van der Waals surface area contributed by atoms with Gasteiger partial charge in [-0.2, -0.15) is 0 Å². The van der Waals surface area contributed by atoms with Crippen molar-refractivity contribution in [3.05, 3.63) is 46.1 Å². The molecule has 0 radical (unpaired) electrons. The summed E-state index contributed by atoms with van der Waals surface area (Å²) in [5, 5.41) is 1.77. The van der Waals surface area contributed by atoms with E-state index in [2.05, 4.69) is 0 Å². The molecule has 0 N–H and O–H groups in total. The van der Waals surface area contributed by atoms with Crippen molar-refractivity contribution in [1.82, 2.24) is 3.96 Å². The molecule has 78 valence electrons. The first kappa shape index (κ1) is 9.98. The average Bonchev–Trinajstić information content (AvgIpc) is 2.66. The minimum absolute atomic E-state index is 0.0212. The van der Waals surface area contributed by atoms with Gasteiger partial charge in [-0.25, -0.2) is 3.96 Å². The zero-order chi connectivity index (χ0) is 10.7. The Labute approximate surface area is 91.7 Å². The standard InChI is InChI=1S/C11H11NO2S/c1-2-14-10-6-4-3-5-9(10)12-11(13)7-8-15-12/h3-8H,2H2,1H3. The molecule has 0 amide bonds. The van der Waals surface area contributed by atoms with E-state index in [1.54, 1.807) is 15.4 Å². The van der Waals surface area contributed by atoms with E-state index >= 15 is 0 Å². The fourth-order valence-corrected chi connectivity index (χ4v) is 2.08. The maximum Gasteiger partial charge on any atom is 0.265 e. The predicted molar refractivity (Wildman–Crippen MR) is 61.1 cm³/mol. The third-order valence-electron chi connectivity index (χ3n) is 1.96. The summed E-state index contributed by atoms with van der Waals surface area (Å²) in [5.74, 6) is 0.740. The lowest BCUT2D eigenvalue weighted by molar-refractivity contribution is 0.339. The normalized spacial score (nSPS) is 10.2. The van der Waals surface area contributed by atoms with Crippen LogP contribution in [0.25, 0.3) is 5.69 Å². The number of aromatic nitrogens is 1. The molecule has 0 atom stereocenters. The van der Waals surface area contributed by atoms with Crippen molar-refractivity contribution in [2.45, 2.75) is 6.92 Å². The molecule has 2 aromatic rings. The molecule has 0 aliphatic carbocycles. The number of benzene rings is 1. The van der Waals surface area contributed by atoms with E-state index in [9.17, 15) is 4.79 Å². The van der Waals surface area contributed by atoms with E-state index in [4.69, 9.17) is 4.74 Å². The van der Waals surface area contributed by atoms with Crippen LogP contribution in [0.4, 0.5) is 0 Å². The summed E-state index contributed by atoms with van der Waals surface area (Å²) >= 11 is 1.37. The molecule has 3 nitrogen and oxygen atoms in total. The zero-order valence-electron chi connectivity index (χ0n) is 8.34. The molecule has 0 spiro atoms. The van der Waals surface area contributed by atoms with Crippen LogP contribution in [-0.4, -0.2) is 10.6 Å². The molecule has 15 heavy (non-hydrogen) atoms. The van der Waals surface area contributed by atoms with Crippen molar-refractivity contribution in [2.24, 2.45) is 0 Å². The minimum atomic E-state index is -0.0212. The smallest absolute Gasteiger partial charge is 0.265 e. The van der Waals surface area contributed by atoms with Crippen LogP contribution in [-0.2, 0) is 0 Å². The second-order valence-electron chi connectivity index (χ2n) is 2.94. The van der Waals surface area contributed by atoms with Gasteiger partial charge in [0.25, 0.3) is 5.56 Å². The second-order valence-corrected chi connectivity index (χ2v) is 3.79. The van der Waals surface area contributed by atoms with Crippen LogP contribution in [0.1, 0.15) is 6.92 Å². The summed E-state index contributed by atoms with van der Waals surface area (Å²) in [5.41, 5.74) is 0.784. The molecule has 1 aromatic heterocycles. The number of nitrogens with zero attached hydrogens (tertiary/aromatic N) is 1. The Hall–Kier alpha value is -1.55. The molecular formula is C11H11NO2S. The lowest BCUT2D eigenvalue weighted by Gasteiger charge is -2.08. The molecule has 2 rings (SSSR count). The average molecular weight is 221 g/mol. The Balaban J connectivity index is 2.52. The lowest BCUT2D eigenvalue weighted by Crippen LogP contribution is -2.10. The van der Waals surface area contributed by atoms with Gasteiger partial charge in [0.1, 0.15) is 11.4 Å². The van der Waals surface area contributed by atoms with E-state index in [-0.39, 0.29) is 5.56 Å². The summed E-state index contributed by atoms with van der Waals surface area (Å²) in [6.45, 7) is 2.52. The van der Waals surface area contributed by atoms with Gasteiger partial charge in [0.15, 0.2) is 0 Å². The summed E-state index contributed by atoms with van der Waals surface area (Å²) in [7, 11) is 0. The highest BCUT2D eigenvalue weighted by Crippen LogP contribution is 2.22. The third kappa shape index (κ3) is 1.94. The number of hydrogen-bond donors (Lipinski definition) is 0. The SMILES string of the molecule is CCOc1ccccc1-n1sccc1=O. The number of hydrogen-bond acceptors (Lipinski definition) is 3. The van der Waals surface area contributed by atoms with Crippen LogP contribution in [0.15, 0.2) is 40.5 Å². The van der Waals surface area contributed by atoms with E-state index in [0.29, 0.717) is 6.61 Å². The molecule has 0 aliphatic heterocycles. The molecule has 0 saturated heterocycles. The van der Waals surface area contributed by atoms with E-state index < -0.39 is 0 Å². The van der Waals surface area contributed by atoms with E-state index in [1.807, 2.05) is 31.2 Å². The Kier molecular flexibility index (Phi) is 2.87. The summed E-state index contributed by atoms with van der Waals surface area (Å²) < 4.78 is 7.08. The Morgan fingerprint density at radius 3 is 2.80 bits per heavy atom. The minimum Gasteiger partial charge on any atom is -0.492 e. The van der Waals surface area contributed by atoms with Crippen LogP contribution in [0, 0.1) is 0 Å². The van der Waals surface area contributed by atoms with Crippen molar-refractivity contribution in [2.75, 3.05) is 6.61 Å². The lowest BCUT2D eigenvalue weighted by atomic mass is 10.3. The van der Waals surface area contributed by atoms with Gasteiger partial charge in [0.05, 0.1) is 6.61 Å². The van der Waals surface area contributed by atoms with E-state index in [0.717, 1.165) is 11.4 Å². The van der Waals surface area contributed by atoms with Crippen LogP contribution < -0.4 is 10.3 Å². The fraction of sp³-hybridized carbons (Fsp3) is 0.182. The quantitative estimate of drug-likeness (QED) is 0.796. The molecule has 4 heteroatoms. The topological polar surface area (TPSA) is 31.2 Å². The predicted octanol–water partition coefficient (Wildman–Crippen LogP) is 2.30. The highest BCUT2D eigenvalue weighted by atomic mass is 32.1. The van der Waals surface area contributed by atoms with Gasteiger partial charge in [-0.1, -0.05) is 23.7 Å². The zero-order valence-corrected chi connectivity index (χ0v) is 9.16. The molecule has 0 fully saturated rings. The van der Waals surface area contributed by atoms with Crippen LogP contribution in [0.2, 0.25) is 0 Å².